The van der Waals surface area contributed by atoms with Crippen LogP contribution in [0.4, 0.5) is 0 Å². The van der Waals surface area contributed by atoms with Crippen molar-refractivity contribution in [3.8, 4) is 0 Å². The van der Waals surface area contributed by atoms with Crippen molar-refractivity contribution < 1.29 is 9.90 Å². The largest absolute Gasteiger partial charge is 0.480 e. The molecule has 6 nitrogen and oxygen atoms in total. The van der Waals surface area contributed by atoms with Gasteiger partial charge in [-0.3, -0.25) is 9.79 Å². The molecule has 0 aliphatic carbocycles. The van der Waals surface area contributed by atoms with Gasteiger partial charge in [0.25, 0.3) is 0 Å². The number of carbonyl (C=O) groups is 1. The molecule has 0 aromatic carbocycles. The summed E-state index contributed by atoms with van der Waals surface area (Å²) in [4.78, 5) is 14.0. The molecule has 15 heavy (non-hydrogen) atoms. The van der Waals surface area contributed by atoms with Gasteiger partial charge in [-0.25, -0.2) is 0 Å². The normalized spacial score (nSPS) is 10.5. The number of aliphatic carboxylic acids is 1. The lowest BCUT2D eigenvalue weighted by molar-refractivity contribution is -0.138. The van der Waals surface area contributed by atoms with Crippen molar-refractivity contribution in [2.45, 2.75) is 25.3 Å². The van der Waals surface area contributed by atoms with E-state index in [1.165, 1.54) is 0 Å². The summed E-state index contributed by atoms with van der Waals surface area (Å²) in [5.74, 6) is -0.913. The number of unbranched alkanes of at least 4 members (excludes halogenated alkanes) is 1. The smallest absolute Gasteiger partial charge is 0.320 e. The van der Waals surface area contributed by atoms with E-state index in [-0.39, 0.29) is 30.8 Å². The predicted molar refractivity (Wildman–Crippen MR) is 64.6 cm³/mol. The Bertz CT molecular complexity index is 197. The molecule has 0 unspecified atom stereocenters. The summed E-state index contributed by atoms with van der Waals surface area (Å²) in [6.07, 6.45) is 1.92. The number of rotatable bonds is 6. The van der Waals surface area contributed by atoms with E-state index in [1.807, 2.05) is 0 Å². The quantitative estimate of drug-likeness (QED) is 0.296. The lowest BCUT2D eigenvalue weighted by Crippen LogP contribution is -2.29. The van der Waals surface area contributed by atoms with Gasteiger partial charge in [0.15, 0.2) is 5.96 Å². The number of carboxylic acid groups (broad SMARTS) is 1. The van der Waals surface area contributed by atoms with Crippen LogP contribution in [0.2, 0.25) is 0 Å². The summed E-state index contributed by atoms with van der Waals surface area (Å²) in [6, 6.07) is -0.779. The molecule has 0 aromatic rings. The third kappa shape index (κ3) is 13.3. The third-order valence-electron chi connectivity index (χ3n) is 1.53. The van der Waals surface area contributed by atoms with Crippen LogP contribution in [0.15, 0.2) is 4.99 Å². The topological polar surface area (TPSA) is 128 Å². The Balaban J connectivity index is -0.000000720. The van der Waals surface area contributed by atoms with Crippen molar-refractivity contribution in [3.05, 3.63) is 0 Å². The predicted octanol–water partition coefficient (Wildman–Crippen LogP) is -0.314. The molecule has 0 saturated carbocycles. The number of hydrogen-bond acceptors (Lipinski definition) is 3. The van der Waals surface area contributed by atoms with E-state index in [4.69, 9.17) is 22.3 Å². The standard InChI is InChI=1S/C7H16N4O2.2ClH/c8-5(6(12)13)3-1-2-4-11-7(9)10;;/h5H,1-4,8H2,(H,12,13)(H4,9,10,11);2*1H/t5-;;/m1../s1. The van der Waals surface area contributed by atoms with Gasteiger partial charge in [-0.2, -0.15) is 0 Å². The molecule has 0 aliphatic heterocycles. The first-order valence-corrected chi connectivity index (χ1v) is 4.08. The highest BCUT2D eigenvalue weighted by Gasteiger charge is 2.09. The minimum atomic E-state index is -0.971. The molecule has 0 saturated heterocycles. The maximum absolute atomic E-state index is 10.3. The first kappa shape index (κ1) is 19.8. The van der Waals surface area contributed by atoms with Crippen LogP contribution in [-0.4, -0.2) is 29.6 Å². The molecule has 8 heteroatoms. The lowest BCUT2D eigenvalue weighted by atomic mass is 10.1. The van der Waals surface area contributed by atoms with Crippen LogP contribution in [-0.2, 0) is 4.79 Å². The van der Waals surface area contributed by atoms with Gasteiger partial charge in [-0.1, -0.05) is 0 Å². The summed E-state index contributed by atoms with van der Waals surface area (Å²) < 4.78 is 0. The molecule has 0 amide bonds. The van der Waals surface area contributed by atoms with E-state index in [0.717, 1.165) is 6.42 Å². The van der Waals surface area contributed by atoms with Gasteiger partial charge in [-0.15, -0.1) is 24.8 Å². The first-order chi connectivity index (χ1) is 6.04. The van der Waals surface area contributed by atoms with Crippen molar-refractivity contribution >= 4 is 36.7 Å². The van der Waals surface area contributed by atoms with Gasteiger partial charge >= 0.3 is 5.97 Å². The molecule has 0 bridgehead atoms. The second-order valence-electron chi connectivity index (χ2n) is 2.75. The zero-order chi connectivity index (χ0) is 10.3. The number of nitrogens with zero attached hydrogens (tertiary/aromatic N) is 1. The molecule has 0 spiro atoms. The minimum absolute atomic E-state index is 0. The number of halogens is 2. The number of carboxylic acids is 1. The van der Waals surface area contributed by atoms with Crippen LogP contribution < -0.4 is 17.2 Å². The second kappa shape index (κ2) is 11.4. The Labute approximate surface area is 101 Å². The van der Waals surface area contributed by atoms with Gasteiger partial charge in [0, 0.05) is 6.54 Å². The fourth-order valence-electron chi connectivity index (χ4n) is 0.808. The molecule has 7 N–H and O–H groups in total. The van der Waals surface area contributed by atoms with Crippen LogP contribution in [0.5, 0.6) is 0 Å². The molecule has 0 aliphatic rings. The first-order valence-electron chi connectivity index (χ1n) is 4.08. The average Bonchev–Trinajstić information content (AvgIpc) is 2.02. The average molecular weight is 261 g/mol. The fraction of sp³-hybridized carbons (Fsp3) is 0.714. The number of aliphatic imine (C=N–C) groups is 1. The van der Waals surface area contributed by atoms with E-state index >= 15 is 0 Å². The zero-order valence-corrected chi connectivity index (χ0v) is 9.89. The molecular weight excluding hydrogens is 243 g/mol. The summed E-state index contributed by atoms with van der Waals surface area (Å²) >= 11 is 0. The van der Waals surface area contributed by atoms with Crippen LogP contribution in [0, 0.1) is 0 Å². The maximum atomic E-state index is 10.3. The van der Waals surface area contributed by atoms with E-state index in [2.05, 4.69) is 4.99 Å². The summed E-state index contributed by atoms with van der Waals surface area (Å²) in [5.41, 5.74) is 15.5. The van der Waals surface area contributed by atoms with Gasteiger partial charge in [0.2, 0.25) is 0 Å². The number of hydrogen-bond donors (Lipinski definition) is 4. The Kier molecular flexibility index (Phi) is 15.0. The van der Waals surface area contributed by atoms with Gasteiger partial charge in [0.1, 0.15) is 6.04 Å². The highest BCUT2D eigenvalue weighted by molar-refractivity contribution is 5.85. The molecule has 0 radical (unpaired) electrons. The van der Waals surface area contributed by atoms with Crippen LogP contribution in [0.1, 0.15) is 19.3 Å². The molecule has 92 valence electrons. The molecule has 0 rings (SSSR count). The second-order valence-corrected chi connectivity index (χ2v) is 2.75. The summed E-state index contributed by atoms with van der Waals surface area (Å²) in [5, 5.41) is 8.43. The van der Waals surface area contributed by atoms with E-state index in [9.17, 15) is 4.79 Å². The van der Waals surface area contributed by atoms with Crippen molar-refractivity contribution in [1.29, 1.82) is 0 Å². The van der Waals surface area contributed by atoms with Crippen molar-refractivity contribution in [1.82, 2.24) is 0 Å². The summed E-state index contributed by atoms with van der Waals surface area (Å²) in [6.45, 7) is 0.522. The van der Waals surface area contributed by atoms with E-state index in [1.54, 1.807) is 0 Å². The van der Waals surface area contributed by atoms with Crippen molar-refractivity contribution in [2.75, 3.05) is 6.54 Å². The van der Waals surface area contributed by atoms with Gasteiger partial charge < -0.3 is 22.3 Å². The molecule has 0 fully saturated rings. The highest BCUT2D eigenvalue weighted by Crippen LogP contribution is 1.99. The Morgan fingerprint density at radius 3 is 2.20 bits per heavy atom. The lowest BCUT2D eigenvalue weighted by Gasteiger charge is -2.04. The Morgan fingerprint density at radius 2 is 1.80 bits per heavy atom. The van der Waals surface area contributed by atoms with E-state index in [0.29, 0.717) is 19.4 Å². The number of guanidine groups is 1. The molecule has 0 heterocycles. The maximum Gasteiger partial charge on any atom is 0.320 e. The van der Waals surface area contributed by atoms with Crippen molar-refractivity contribution in [3.63, 3.8) is 0 Å². The third-order valence-corrected chi connectivity index (χ3v) is 1.53. The highest BCUT2D eigenvalue weighted by atomic mass is 35.5. The number of nitrogens with two attached hydrogens (primary N) is 3. The Morgan fingerprint density at radius 1 is 1.27 bits per heavy atom. The summed E-state index contributed by atoms with van der Waals surface area (Å²) in [7, 11) is 0. The molecule has 1 atom stereocenters. The molecular formula is C7H18Cl2N4O2. The monoisotopic (exact) mass is 260 g/mol. The zero-order valence-electron chi connectivity index (χ0n) is 8.26. The van der Waals surface area contributed by atoms with Gasteiger partial charge in [-0.05, 0) is 19.3 Å². The minimum Gasteiger partial charge on any atom is -0.480 e. The van der Waals surface area contributed by atoms with Crippen molar-refractivity contribution in [2.24, 2.45) is 22.2 Å². The van der Waals surface area contributed by atoms with E-state index < -0.39 is 12.0 Å². The SMILES string of the molecule is Cl.Cl.NC(N)=NCCCC[C@@H](N)C(=O)O. The van der Waals surface area contributed by atoms with Crippen LogP contribution in [0.3, 0.4) is 0 Å². The van der Waals surface area contributed by atoms with Crippen LogP contribution >= 0.6 is 24.8 Å². The Hall–Kier alpha value is -0.720. The molecule has 0 aromatic heterocycles. The fourth-order valence-corrected chi connectivity index (χ4v) is 0.808. The van der Waals surface area contributed by atoms with Gasteiger partial charge in [0.05, 0.1) is 0 Å². The van der Waals surface area contributed by atoms with Crippen LogP contribution in [0.25, 0.3) is 0 Å².